The van der Waals surface area contributed by atoms with Gasteiger partial charge in [0.2, 0.25) is 0 Å². The smallest absolute Gasteiger partial charge is 0.250 e. The Morgan fingerprint density at radius 2 is 1.86 bits per heavy atom. The minimum Gasteiger partial charge on any atom is -0.398 e. The van der Waals surface area contributed by atoms with Crippen LogP contribution in [0.2, 0.25) is 0 Å². The zero-order chi connectivity index (χ0) is 16.0. The van der Waals surface area contributed by atoms with Crippen LogP contribution in [0.3, 0.4) is 0 Å². The van der Waals surface area contributed by atoms with Gasteiger partial charge in [0.05, 0.1) is 11.3 Å². The highest BCUT2D eigenvalue weighted by atomic mass is 16.1. The first kappa shape index (κ1) is 14.4. The molecule has 0 fully saturated rings. The average molecular weight is 295 g/mol. The van der Waals surface area contributed by atoms with Gasteiger partial charge in [-0.15, -0.1) is 0 Å². The zero-order valence-electron chi connectivity index (χ0n) is 13.1. The number of nitrogens with two attached hydrogens (primary N) is 2. The van der Waals surface area contributed by atoms with Gasteiger partial charge in [0.25, 0.3) is 5.91 Å². The second kappa shape index (κ2) is 5.05. The number of amides is 1. The van der Waals surface area contributed by atoms with E-state index in [1.54, 1.807) is 6.07 Å². The molecule has 1 aliphatic heterocycles. The lowest BCUT2D eigenvalue weighted by atomic mass is 9.87. The summed E-state index contributed by atoms with van der Waals surface area (Å²) in [6.07, 6.45) is 0. The van der Waals surface area contributed by atoms with E-state index in [9.17, 15) is 4.79 Å². The third-order valence-corrected chi connectivity index (χ3v) is 4.75. The minimum atomic E-state index is -0.402. The second-order valence-corrected chi connectivity index (χ2v) is 6.06. The van der Waals surface area contributed by atoms with Crippen LogP contribution in [0.5, 0.6) is 0 Å². The van der Waals surface area contributed by atoms with Gasteiger partial charge in [-0.05, 0) is 48.2 Å². The molecule has 0 aromatic heterocycles. The molecule has 2 atom stereocenters. The SMILES string of the molecule is Cc1c(N)cccc1-c1ccc(C(N)=O)c2c1C(C)C(C)N2. The van der Waals surface area contributed by atoms with Gasteiger partial charge in [0, 0.05) is 17.6 Å². The Balaban J connectivity index is 2.29. The van der Waals surface area contributed by atoms with Crippen molar-refractivity contribution in [1.82, 2.24) is 0 Å². The first-order chi connectivity index (χ1) is 10.4. The number of fused-ring (bicyclic) bond motifs is 1. The van der Waals surface area contributed by atoms with Crippen LogP contribution >= 0.6 is 0 Å². The van der Waals surface area contributed by atoms with Crippen LogP contribution in [0.4, 0.5) is 11.4 Å². The number of benzene rings is 2. The van der Waals surface area contributed by atoms with Crippen molar-refractivity contribution in [2.24, 2.45) is 5.73 Å². The fourth-order valence-electron chi connectivity index (χ4n) is 3.24. The summed E-state index contributed by atoms with van der Waals surface area (Å²) in [6, 6.07) is 9.98. The molecule has 22 heavy (non-hydrogen) atoms. The molecule has 0 saturated heterocycles. The van der Waals surface area contributed by atoms with Crippen molar-refractivity contribution >= 4 is 17.3 Å². The van der Waals surface area contributed by atoms with E-state index in [0.717, 1.165) is 33.6 Å². The van der Waals surface area contributed by atoms with Crippen molar-refractivity contribution in [3.05, 3.63) is 47.0 Å². The third kappa shape index (κ3) is 2.03. The summed E-state index contributed by atoms with van der Waals surface area (Å²) in [6.45, 7) is 6.31. The largest absolute Gasteiger partial charge is 0.398 e. The fourth-order valence-corrected chi connectivity index (χ4v) is 3.24. The van der Waals surface area contributed by atoms with Crippen LogP contribution in [-0.2, 0) is 0 Å². The summed E-state index contributed by atoms with van der Waals surface area (Å²) >= 11 is 0. The molecule has 0 spiro atoms. The van der Waals surface area contributed by atoms with Gasteiger partial charge in [-0.25, -0.2) is 0 Å². The predicted molar refractivity (Wildman–Crippen MR) is 91.0 cm³/mol. The van der Waals surface area contributed by atoms with Crippen molar-refractivity contribution in [2.75, 3.05) is 11.1 Å². The molecule has 0 aliphatic carbocycles. The van der Waals surface area contributed by atoms with E-state index in [-0.39, 0.29) is 6.04 Å². The maximum absolute atomic E-state index is 11.7. The van der Waals surface area contributed by atoms with Gasteiger partial charge in [0.15, 0.2) is 0 Å². The number of hydrogen-bond acceptors (Lipinski definition) is 3. The van der Waals surface area contributed by atoms with Crippen molar-refractivity contribution in [3.8, 4) is 11.1 Å². The molecule has 0 saturated carbocycles. The molecule has 5 N–H and O–H groups in total. The average Bonchev–Trinajstić information content (AvgIpc) is 2.77. The number of anilines is 2. The summed E-state index contributed by atoms with van der Waals surface area (Å²) < 4.78 is 0. The number of carbonyl (C=O) groups is 1. The standard InChI is InChI=1S/C18H21N3O/c1-9-11(3)21-17-14(18(20)22)8-7-13(16(9)17)12-5-4-6-15(19)10(12)2/h4-9,11,21H,19H2,1-3H3,(H2,20,22). The summed E-state index contributed by atoms with van der Waals surface area (Å²) in [4.78, 5) is 11.7. The van der Waals surface area contributed by atoms with E-state index in [1.807, 2.05) is 25.1 Å². The molecule has 1 heterocycles. The highest BCUT2D eigenvalue weighted by Gasteiger charge is 2.31. The normalized spacial score (nSPS) is 19.6. The zero-order valence-corrected chi connectivity index (χ0v) is 13.1. The third-order valence-electron chi connectivity index (χ3n) is 4.75. The Morgan fingerprint density at radius 3 is 2.55 bits per heavy atom. The number of nitrogens with one attached hydrogen (secondary N) is 1. The van der Waals surface area contributed by atoms with Crippen LogP contribution in [-0.4, -0.2) is 11.9 Å². The number of nitrogen functional groups attached to an aromatic ring is 1. The molecule has 2 aromatic rings. The van der Waals surface area contributed by atoms with Crippen molar-refractivity contribution in [1.29, 1.82) is 0 Å². The Bertz CT molecular complexity index is 767. The molecule has 114 valence electrons. The Labute approximate surface area is 130 Å². The maximum atomic E-state index is 11.7. The number of carbonyl (C=O) groups excluding carboxylic acids is 1. The Hall–Kier alpha value is -2.49. The van der Waals surface area contributed by atoms with E-state index in [1.165, 1.54) is 0 Å². The fraction of sp³-hybridized carbons (Fsp3) is 0.278. The minimum absolute atomic E-state index is 0.260. The molecule has 0 radical (unpaired) electrons. The van der Waals surface area contributed by atoms with Crippen LogP contribution in [0.1, 0.15) is 41.3 Å². The van der Waals surface area contributed by atoms with Crippen molar-refractivity contribution in [2.45, 2.75) is 32.7 Å². The van der Waals surface area contributed by atoms with E-state index in [0.29, 0.717) is 11.5 Å². The first-order valence-electron chi connectivity index (χ1n) is 7.50. The summed E-state index contributed by atoms with van der Waals surface area (Å²) in [5, 5.41) is 3.41. The molecule has 0 bridgehead atoms. The summed E-state index contributed by atoms with van der Waals surface area (Å²) in [5.41, 5.74) is 18.2. The predicted octanol–water partition coefficient (Wildman–Crippen LogP) is 3.26. The van der Waals surface area contributed by atoms with Crippen LogP contribution in [0.25, 0.3) is 11.1 Å². The molecular formula is C18H21N3O. The Kier molecular flexibility index (Phi) is 3.32. The molecule has 1 amide bonds. The molecule has 3 rings (SSSR count). The molecule has 2 unspecified atom stereocenters. The highest BCUT2D eigenvalue weighted by Crippen LogP contribution is 2.45. The molecule has 4 nitrogen and oxygen atoms in total. The van der Waals surface area contributed by atoms with Crippen LogP contribution < -0.4 is 16.8 Å². The molecule has 4 heteroatoms. The van der Waals surface area contributed by atoms with Gasteiger partial charge in [0.1, 0.15) is 0 Å². The lowest BCUT2D eigenvalue weighted by Crippen LogP contribution is -2.16. The van der Waals surface area contributed by atoms with Crippen molar-refractivity contribution < 1.29 is 4.79 Å². The van der Waals surface area contributed by atoms with Gasteiger partial charge in [-0.3, -0.25) is 4.79 Å². The van der Waals surface area contributed by atoms with E-state index in [2.05, 4.69) is 25.2 Å². The molecule has 2 aromatic carbocycles. The summed E-state index contributed by atoms with van der Waals surface area (Å²) in [5.74, 6) is -0.106. The second-order valence-electron chi connectivity index (χ2n) is 6.06. The maximum Gasteiger partial charge on any atom is 0.250 e. The first-order valence-corrected chi connectivity index (χ1v) is 7.50. The number of primary amides is 1. The lowest BCUT2D eigenvalue weighted by Gasteiger charge is -2.16. The number of rotatable bonds is 2. The van der Waals surface area contributed by atoms with Crippen LogP contribution in [0, 0.1) is 6.92 Å². The number of hydrogen-bond donors (Lipinski definition) is 3. The Morgan fingerprint density at radius 1 is 1.14 bits per heavy atom. The van der Waals surface area contributed by atoms with Gasteiger partial charge < -0.3 is 16.8 Å². The summed E-state index contributed by atoms with van der Waals surface area (Å²) in [7, 11) is 0. The highest BCUT2D eigenvalue weighted by molar-refractivity contribution is 6.02. The molecular weight excluding hydrogens is 274 g/mol. The lowest BCUT2D eigenvalue weighted by molar-refractivity contribution is 0.100. The van der Waals surface area contributed by atoms with Gasteiger partial charge >= 0.3 is 0 Å². The van der Waals surface area contributed by atoms with Crippen molar-refractivity contribution in [3.63, 3.8) is 0 Å². The van der Waals surface area contributed by atoms with E-state index in [4.69, 9.17) is 11.5 Å². The van der Waals surface area contributed by atoms with E-state index >= 15 is 0 Å². The monoisotopic (exact) mass is 295 g/mol. The quantitative estimate of drug-likeness (QED) is 0.744. The van der Waals surface area contributed by atoms with Crippen LogP contribution in [0.15, 0.2) is 30.3 Å². The van der Waals surface area contributed by atoms with E-state index < -0.39 is 5.91 Å². The topological polar surface area (TPSA) is 81.1 Å². The van der Waals surface area contributed by atoms with Gasteiger partial charge in [-0.1, -0.05) is 25.1 Å². The van der Waals surface area contributed by atoms with Gasteiger partial charge in [-0.2, -0.15) is 0 Å². The molecule has 1 aliphatic rings.